The number of amides is 3. The van der Waals surface area contributed by atoms with Crippen LogP contribution in [-0.2, 0) is 18.4 Å². The number of hydrogen-bond donors (Lipinski definition) is 1. The maximum absolute atomic E-state index is 12.3. The van der Waals surface area contributed by atoms with Crippen molar-refractivity contribution in [1.82, 2.24) is 30.0 Å². The van der Waals surface area contributed by atoms with Gasteiger partial charge >= 0.3 is 6.03 Å². The van der Waals surface area contributed by atoms with Crippen LogP contribution < -0.4 is 10.2 Å². The second kappa shape index (κ2) is 8.48. The van der Waals surface area contributed by atoms with Gasteiger partial charge in [-0.05, 0) is 61.1 Å². The summed E-state index contributed by atoms with van der Waals surface area (Å²) in [6.45, 7) is 3.18. The number of aryl methyl sites for hydroxylation is 1. The fourth-order valence-electron chi connectivity index (χ4n) is 4.58. The largest absolute Gasteiger partial charge is 0.329 e. The van der Waals surface area contributed by atoms with Crippen LogP contribution in [0.25, 0.3) is 10.9 Å². The number of piperidine rings is 1. The molecule has 0 spiro atoms. The van der Waals surface area contributed by atoms with Gasteiger partial charge in [0.2, 0.25) is 11.2 Å². The molecule has 0 atom stereocenters. The number of carbonyl (C=O) groups excluding carboxylic acids is 2. The molecule has 166 valence electrons. The SMILES string of the molecule is Cn1nc(N2CCC(=O)NC2=O)c2ccc(C3CCN(Cc4cnc(Cl)nc4)CC3)cc21. The number of aromatic nitrogens is 4. The summed E-state index contributed by atoms with van der Waals surface area (Å²) in [6, 6.07) is 5.97. The van der Waals surface area contributed by atoms with E-state index >= 15 is 0 Å². The molecule has 0 saturated carbocycles. The van der Waals surface area contributed by atoms with Gasteiger partial charge in [-0.25, -0.2) is 14.8 Å². The predicted molar refractivity (Wildman–Crippen MR) is 121 cm³/mol. The molecule has 0 unspecified atom stereocenters. The number of carbonyl (C=O) groups is 2. The van der Waals surface area contributed by atoms with Crippen LogP contribution in [0.4, 0.5) is 10.6 Å². The zero-order chi connectivity index (χ0) is 22.2. The Morgan fingerprint density at radius 1 is 1.12 bits per heavy atom. The van der Waals surface area contributed by atoms with Crippen molar-refractivity contribution in [2.75, 3.05) is 24.5 Å². The Labute approximate surface area is 190 Å². The predicted octanol–water partition coefficient (Wildman–Crippen LogP) is 2.84. The van der Waals surface area contributed by atoms with Gasteiger partial charge in [0.25, 0.3) is 0 Å². The van der Waals surface area contributed by atoms with Crippen molar-refractivity contribution >= 4 is 40.3 Å². The van der Waals surface area contributed by atoms with Gasteiger partial charge in [0, 0.05) is 49.9 Å². The Morgan fingerprint density at radius 3 is 2.59 bits per heavy atom. The molecule has 4 heterocycles. The molecular weight excluding hydrogens is 430 g/mol. The van der Waals surface area contributed by atoms with Crippen molar-refractivity contribution in [3.8, 4) is 0 Å². The maximum atomic E-state index is 12.3. The van der Waals surface area contributed by atoms with Gasteiger partial charge in [-0.3, -0.25) is 24.6 Å². The van der Waals surface area contributed by atoms with E-state index in [0.717, 1.165) is 48.9 Å². The average molecular weight is 454 g/mol. The molecule has 5 rings (SSSR count). The smallest absolute Gasteiger partial charge is 0.299 e. The zero-order valence-electron chi connectivity index (χ0n) is 17.8. The van der Waals surface area contributed by atoms with E-state index in [1.165, 1.54) is 5.56 Å². The van der Waals surface area contributed by atoms with E-state index in [0.29, 0.717) is 18.3 Å². The number of likely N-dealkylation sites (tertiary alicyclic amines) is 1. The van der Waals surface area contributed by atoms with Gasteiger partial charge in [-0.2, -0.15) is 5.10 Å². The molecule has 0 radical (unpaired) electrons. The average Bonchev–Trinajstić information content (AvgIpc) is 3.11. The van der Waals surface area contributed by atoms with Crippen molar-refractivity contribution in [3.05, 3.63) is 47.0 Å². The number of anilines is 1. The van der Waals surface area contributed by atoms with Crippen LogP contribution in [0.1, 0.15) is 36.3 Å². The van der Waals surface area contributed by atoms with E-state index in [4.69, 9.17) is 11.6 Å². The summed E-state index contributed by atoms with van der Waals surface area (Å²) in [5.74, 6) is 0.828. The molecule has 2 fully saturated rings. The topological polar surface area (TPSA) is 96.2 Å². The van der Waals surface area contributed by atoms with Crippen molar-refractivity contribution < 1.29 is 9.59 Å². The van der Waals surface area contributed by atoms with Gasteiger partial charge in [0.05, 0.1) is 5.52 Å². The molecule has 1 aromatic carbocycles. The quantitative estimate of drug-likeness (QED) is 0.610. The Morgan fingerprint density at radius 2 is 1.88 bits per heavy atom. The van der Waals surface area contributed by atoms with E-state index in [9.17, 15) is 9.59 Å². The van der Waals surface area contributed by atoms with Crippen molar-refractivity contribution in [2.24, 2.45) is 7.05 Å². The van der Waals surface area contributed by atoms with E-state index in [1.807, 2.05) is 17.8 Å². The first-order valence-corrected chi connectivity index (χ1v) is 11.1. The monoisotopic (exact) mass is 453 g/mol. The molecule has 2 aromatic heterocycles. The lowest BCUT2D eigenvalue weighted by atomic mass is 9.89. The highest BCUT2D eigenvalue weighted by Crippen LogP contribution is 2.33. The van der Waals surface area contributed by atoms with E-state index in [-0.39, 0.29) is 17.6 Å². The molecule has 0 bridgehead atoms. The Balaban J connectivity index is 1.29. The van der Waals surface area contributed by atoms with Crippen LogP contribution in [0.5, 0.6) is 0 Å². The number of benzene rings is 1. The third-order valence-corrected chi connectivity index (χ3v) is 6.50. The Hall–Kier alpha value is -3.04. The first kappa shape index (κ1) is 20.8. The lowest BCUT2D eigenvalue weighted by molar-refractivity contribution is -0.120. The lowest BCUT2D eigenvalue weighted by Crippen LogP contribution is -2.49. The summed E-state index contributed by atoms with van der Waals surface area (Å²) in [5, 5.41) is 8.14. The van der Waals surface area contributed by atoms with E-state index in [1.54, 1.807) is 17.3 Å². The van der Waals surface area contributed by atoms with Crippen LogP contribution in [0, 0.1) is 0 Å². The second-order valence-electron chi connectivity index (χ2n) is 8.39. The number of imide groups is 1. The van der Waals surface area contributed by atoms with Crippen LogP contribution in [0.15, 0.2) is 30.6 Å². The lowest BCUT2D eigenvalue weighted by Gasteiger charge is -2.32. The van der Waals surface area contributed by atoms with Gasteiger partial charge in [0.1, 0.15) is 0 Å². The highest BCUT2D eigenvalue weighted by Gasteiger charge is 2.28. The van der Waals surface area contributed by atoms with E-state index in [2.05, 4.69) is 37.4 Å². The molecule has 3 aromatic rings. The summed E-state index contributed by atoms with van der Waals surface area (Å²) < 4.78 is 1.81. The van der Waals surface area contributed by atoms with E-state index < -0.39 is 6.03 Å². The maximum Gasteiger partial charge on any atom is 0.329 e. The van der Waals surface area contributed by atoms with Crippen LogP contribution in [0.3, 0.4) is 0 Å². The number of fused-ring (bicyclic) bond motifs is 1. The summed E-state index contributed by atoms with van der Waals surface area (Å²) in [5.41, 5.74) is 3.35. The summed E-state index contributed by atoms with van der Waals surface area (Å²) in [6.07, 6.45) is 5.99. The molecule has 2 aliphatic heterocycles. The summed E-state index contributed by atoms with van der Waals surface area (Å²) in [4.78, 5) is 35.8. The van der Waals surface area contributed by atoms with Crippen molar-refractivity contribution in [2.45, 2.75) is 31.7 Å². The fraction of sp³-hybridized carbons (Fsp3) is 0.409. The summed E-state index contributed by atoms with van der Waals surface area (Å²) >= 11 is 5.77. The van der Waals surface area contributed by atoms with Gasteiger partial charge < -0.3 is 0 Å². The zero-order valence-corrected chi connectivity index (χ0v) is 18.5. The number of hydrogen-bond acceptors (Lipinski definition) is 6. The molecule has 1 N–H and O–H groups in total. The van der Waals surface area contributed by atoms with Crippen molar-refractivity contribution in [3.63, 3.8) is 0 Å². The number of halogens is 1. The molecule has 2 aliphatic rings. The first-order valence-electron chi connectivity index (χ1n) is 10.7. The molecule has 32 heavy (non-hydrogen) atoms. The van der Waals surface area contributed by atoms with Crippen LogP contribution >= 0.6 is 11.6 Å². The minimum absolute atomic E-state index is 0.247. The van der Waals surface area contributed by atoms with Gasteiger partial charge in [-0.1, -0.05) is 6.07 Å². The fourth-order valence-corrected chi connectivity index (χ4v) is 4.68. The molecule has 9 nitrogen and oxygen atoms in total. The highest BCUT2D eigenvalue weighted by atomic mass is 35.5. The molecule has 2 saturated heterocycles. The minimum Gasteiger partial charge on any atom is -0.299 e. The summed E-state index contributed by atoms with van der Waals surface area (Å²) in [7, 11) is 1.89. The van der Waals surface area contributed by atoms with Crippen LogP contribution in [0.2, 0.25) is 5.28 Å². The highest BCUT2D eigenvalue weighted by molar-refractivity contribution is 6.28. The second-order valence-corrected chi connectivity index (χ2v) is 8.73. The number of nitrogens with zero attached hydrogens (tertiary/aromatic N) is 6. The third-order valence-electron chi connectivity index (χ3n) is 6.30. The normalized spacial score (nSPS) is 18.4. The van der Waals surface area contributed by atoms with Crippen molar-refractivity contribution in [1.29, 1.82) is 0 Å². The molecular formula is C22H24ClN7O2. The Kier molecular flexibility index (Phi) is 5.52. The standard InChI is InChI=1S/C22H24ClN7O2/c1-28-18-10-16(2-3-17(18)20(27-28)30-9-6-19(31)26-22(30)32)15-4-7-29(8-5-15)13-14-11-24-21(23)25-12-14/h2-3,10-12,15H,4-9,13H2,1H3,(H,26,31,32). The molecule has 0 aliphatic carbocycles. The Bertz CT molecular complexity index is 1170. The number of rotatable bonds is 4. The minimum atomic E-state index is -0.413. The number of urea groups is 1. The van der Waals surface area contributed by atoms with Gasteiger partial charge in [0.15, 0.2) is 5.82 Å². The molecule has 10 heteroatoms. The molecule has 3 amide bonds. The van der Waals surface area contributed by atoms with Gasteiger partial charge in [-0.15, -0.1) is 0 Å². The number of nitrogens with one attached hydrogen (secondary N) is 1. The first-order chi connectivity index (χ1) is 15.5. The van der Waals surface area contributed by atoms with Crippen LogP contribution in [-0.4, -0.2) is 56.2 Å². The third kappa shape index (κ3) is 4.05.